The Balaban J connectivity index is 1.98. The molecular formula is C15H14F3NO2S. The molecule has 7 heteroatoms. The Hall–Kier alpha value is -1.86. The van der Waals surface area contributed by atoms with E-state index in [9.17, 15) is 23.1 Å². The minimum atomic E-state index is -1.30. The fourth-order valence-corrected chi connectivity index (χ4v) is 2.66. The van der Waals surface area contributed by atoms with Crippen LogP contribution in [0.4, 0.5) is 13.2 Å². The highest BCUT2D eigenvalue weighted by molar-refractivity contribution is 7.10. The number of benzene rings is 1. The molecule has 0 spiro atoms. The third-order valence-electron chi connectivity index (χ3n) is 3.12. The molecule has 118 valence electrons. The van der Waals surface area contributed by atoms with Crippen LogP contribution in [0.15, 0.2) is 29.6 Å². The summed E-state index contributed by atoms with van der Waals surface area (Å²) in [6, 6.07) is 4.56. The summed E-state index contributed by atoms with van der Waals surface area (Å²) in [5.74, 6) is -4.10. The van der Waals surface area contributed by atoms with E-state index >= 15 is 0 Å². The lowest BCUT2D eigenvalue weighted by Gasteiger charge is -2.22. The lowest BCUT2D eigenvalue weighted by Crippen LogP contribution is -2.38. The van der Waals surface area contributed by atoms with E-state index in [4.69, 9.17) is 0 Å². The minimum Gasteiger partial charge on any atom is -0.383 e. The molecule has 3 nitrogen and oxygen atoms in total. The first-order valence-electron chi connectivity index (χ1n) is 6.46. The molecule has 2 aromatic rings. The van der Waals surface area contributed by atoms with Gasteiger partial charge >= 0.3 is 0 Å². The van der Waals surface area contributed by atoms with Gasteiger partial charge in [0.25, 0.3) is 0 Å². The maximum Gasteiger partial charge on any atom is 0.224 e. The molecule has 0 saturated carbocycles. The smallest absolute Gasteiger partial charge is 0.224 e. The van der Waals surface area contributed by atoms with Crippen molar-refractivity contribution in [1.82, 2.24) is 5.32 Å². The predicted molar refractivity (Wildman–Crippen MR) is 76.9 cm³/mol. The Morgan fingerprint density at radius 2 is 1.95 bits per heavy atom. The first-order chi connectivity index (χ1) is 10.3. The van der Waals surface area contributed by atoms with Gasteiger partial charge in [0.2, 0.25) is 5.91 Å². The van der Waals surface area contributed by atoms with Crippen LogP contribution in [0.1, 0.15) is 17.4 Å². The maximum atomic E-state index is 13.5. The average Bonchev–Trinajstić information content (AvgIpc) is 2.98. The van der Waals surface area contributed by atoms with Crippen LogP contribution in [0.5, 0.6) is 0 Å². The van der Waals surface area contributed by atoms with Crippen LogP contribution in [0.2, 0.25) is 0 Å². The molecule has 1 aromatic heterocycles. The zero-order valence-electron chi connectivity index (χ0n) is 11.7. The van der Waals surface area contributed by atoms with Crippen LogP contribution < -0.4 is 5.32 Å². The monoisotopic (exact) mass is 329 g/mol. The Morgan fingerprint density at radius 1 is 1.27 bits per heavy atom. The molecule has 0 aliphatic carbocycles. The van der Waals surface area contributed by atoms with Crippen LogP contribution in [-0.4, -0.2) is 17.6 Å². The van der Waals surface area contributed by atoms with Crippen molar-refractivity contribution >= 4 is 17.2 Å². The summed E-state index contributed by atoms with van der Waals surface area (Å²) in [6.45, 7) is 1.47. The van der Waals surface area contributed by atoms with E-state index in [1.165, 1.54) is 18.3 Å². The van der Waals surface area contributed by atoms with Crippen LogP contribution in [-0.2, 0) is 16.8 Å². The van der Waals surface area contributed by atoms with Crippen LogP contribution in [0, 0.1) is 17.5 Å². The molecule has 1 aromatic carbocycles. The lowest BCUT2D eigenvalue weighted by molar-refractivity contribution is -0.121. The quantitative estimate of drug-likeness (QED) is 0.829. The molecule has 0 aliphatic rings. The number of carbonyl (C=O) groups excluding carboxylic acids is 1. The van der Waals surface area contributed by atoms with Gasteiger partial charge in [0, 0.05) is 16.5 Å². The van der Waals surface area contributed by atoms with Gasteiger partial charge in [-0.3, -0.25) is 4.79 Å². The van der Waals surface area contributed by atoms with Gasteiger partial charge in [-0.2, -0.15) is 0 Å². The van der Waals surface area contributed by atoms with Crippen molar-refractivity contribution < 1.29 is 23.1 Å². The summed E-state index contributed by atoms with van der Waals surface area (Å²) in [5, 5.41) is 14.5. The molecule has 2 rings (SSSR count). The highest BCUT2D eigenvalue weighted by atomic mass is 32.1. The number of hydrogen-bond donors (Lipinski definition) is 2. The van der Waals surface area contributed by atoms with Crippen molar-refractivity contribution in [2.24, 2.45) is 0 Å². The number of rotatable bonds is 5. The number of amides is 1. The SMILES string of the molecule is C[C@@](O)(CNC(=O)Cc1cc(F)c(F)cc1F)c1cccs1. The lowest BCUT2D eigenvalue weighted by atomic mass is 10.0. The molecule has 0 bridgehead atoms. The summed E-state index contributed by atoms with van der Waals surface area (Å²) in [6.07, 6.45) is -0.441. The van der Waals surface area contributed by atoms with E-state index in [1.807, 2.05) is 0 Å². The van der Waals surface area contributed by atoms with Crippen LogP contribution >= 0.6 is 11.3 Å². The Kier molecular flexibility index (Phi) is 4.87. The number of halogens is 3. The maximum absolute atomic E-state index is 13.5. The van der Waals surface area contributed by atoms with Gasteiger partial charge in [0.15, 0.2) is 11.6 Å². The fraction of sp³-hybridized carbons (Fsp3) is 0.267. The van der Waals surface area contributed by atoms with Crippen molar-refractivity contribution in [3.63, 3.8) is 0 Å². The zero-order valence-corrected chi connectivity index (χ0v) is 12.5. The number of thiophene rings is 1. The molecule has 22 heavy (non-hydrogen) atoms. The third-order valence-corrected chi connectivity index (χ3v) is 4.25. The largest absolute Gasteiger partial charge is 0.383 e. The van der Waals surface area contributed by atoms with Gasteiger partial charge in [-0.1, -0.05) is 6.07 Å². The Bertz CT molecular complexity index is 672. The zero-order chi connectivity index (χ0) is 16.3. The number of aliphatic hydroxyl groups is 1. The standard InChI is InChI=1S/C15H14F3NO2S/c1-15(21,13-3-2-4-22-13)8-19-14(20)6-9-5-11(17)12(18)7-10(9)16/h2-5,7,21H,6,8H2,1H3,(H,19,20)/t15-/m1/s1. The summed E-state index contributed by atoms with van der Waals surface area (Å²) in [7, 11) is 0. The summed E-state index contributed by atoms with van der Waals surface area (Å²) in [5.41, 5.74) is -1.50. The predicted octanol–water partition coefficient (Wildman–Crippen LogP) is 2.73. The van der Waals surface area contributed by atoms with Crippen molar-refractivity contribution in [3.05, 3.63) is 57.5 Å². The van der Waals surface area contributed by atoms with Crippen molar-refractivity contribution in [1.29, 1.82) is 0 Å². The first kappa shape index (κ1) is 16.5. The molecule has 1 amide bonds. The number of carbonyl (C=O) groups is 1. The molecule has 0 fully saturated rings. The van der Waals surface area contributed by atoms with Gasteiger partial charge in [0.05, 0.1) is 13.0 Å². The van der Waals surface area contributed by atoms with Crippen molar-refractivity contribution in [2.45, 2.75) is 18.9 Å². The highest BCUT2D eigenvalue weighted by Gasteiger charge is 2.25. The minimum absolute atomic E-state index is 0.0718. The molecular weight excluding hydrogens is 315 g/mol. The van der Waals surface area contributed by atoms with Gasteiger partial charge in [0.1, 0.15) is 11.4 Å². The summed E-state index contributed by atoms with van der Waals surface area (Å²) < 4.78 is 39.3. The van der Waals surface area contributed by atoms with Crippen LogP contribution in [0.25, 0.3) is 0 Å². The van der Waals surface area contributed by atoms with E-state index in [0.717, 1.165) is 0 Å². The molecule has 0 radical (unpaired) electrons. The van der Waals surface area contributed by atoms with Crippen molar-refractivity contribution in [3.8, 4) is 0 Å². The summed E-state index contributed by atoms with van der Waals surface area (Å²) in [4.78, 5) is 12.4. The van der Waals surface area contributed by atoms with E-state index in [2.05, 4.69) is 5.32 Å². The van der Waals surface area contributed by atoms with Gasteiger partial charge in [-0.05, 0) is 24.4 Å². The first-order valence-corrected chi connectivity index (χ1v) is 7.34. The van der Waals surface area contributed by atoms with E-state index in [-0.39, 0.29) is 12.1 Å². The number of nitrogens with one attached hydrogen (secondary N) is 1. The molecule has 2 N–H and O–H groups in total. The van der Waals surface area contributed by atoms with Crippen molar-refractivity contribution in [2.75, 3.05) is 6.54 Å². The molecule has 1 atom stereocenters. The second-order valence-corrected chi connectivity index (χ2v) is 6.01. The molecule has 1 heterocycles. The topological polar surface area (TPSA) is 49.3 Å². The Labute approximate surface area is 129 Å². The van der Waals surface area contributed by atoms with E-state index in [0.29, 0.717) is 17.0 Å². The molecule has 0 unspecified atom stereocenters. The summed E-state index contributed by atoms with van der Waals surface area (Å²) >= 11 is 1.34. The fourth-order valence-electron chi connectivity index (χ4n) is 1.88. The van der Waals surface area contributed by atoms with Gasteiger partial charge < -0.3 is 10.4 Å². The van der Waals surface area contributed by atoms with Gasteiger partial charge in [-0.15, -0.1) is 11.3 Å². The van der Waals surface area contributed by atoms with E-state index < -0.39 is 35.4 Å². The average molecular weight is 329 g/mol. The normalized spacial score (nSPS) is 13.7. The third kappa shape index (κ3) is 3.86. The highest BCUT2D eigenvalue weighted by Crippen LogP contribution is 2.24. The molecule has 0 aliphatic heterocycles. The second-order valence-electron chi connectivity index (χ2n) is 5.06. The second kappa shape index (κ2) is 6.50. The Morgan fingerprint density at radius 3 is 2.59 bits per heavy atom. The van der Waals surface area contributed by atoms with Crippen LogP contribution in [0.3, 0.4) is 0 Å². The van der Waals surface area contributed by atoms with Gasteiger partial charge in [-0.25, -0.2) is 13.2 Å². The molecule has 0 saturated heterocycles. The number of hydrogen-bond acceptors (Lipinski definition) is 3. The van der Waals surface area contributed by atoms with E-state index in [1.54, 1.807) is 17.5 Å².